The second-order valence-corrected chi connectivity index (χ2v) is 9.95. The Hall–Kier alpha value is -1.12. The number of carbonyl (C=O) groups is 2. The van der Waals surface area contributed by atoms with Gasteiger partial charge in [-0.1, -0.05) is 25.5 Å². The van der Waals surface area contributed by atoms with Crippen molar-refractivity contribution in [3.05, 3.63) is 11.6 Å². The lowest BCUT2D eigenvalue weighted by molar-refractivity contribution is -0.166. The van der Waals surface area contributed by atoms with Crippen LogP contribution in [0.5, 0.6) is 0 Å². The molecule has 3 nitrogen and oxygen atoms in total. The van der Waals surface area contributed by atoms with Crippen LogP contribution in [0, 0.1) is 34.5 Å². The SMILES string of the molecule is CC=C1CCC2C3CC[C@@H]4C[C@@H](OC(C)=O)CC[C@]4(C)C3C(=O)C[C@]12C. The number of allylic oxidation sites excluding steroid dienone is 2. The molecule has 4 aliphatic carbocycles. The average Bonchev–Trinajstić information content (AvgIpc) is 2.90. The van der Waals surface area contributed by atoms with Crippen molar-refractivity contribution in [1.82, 2.24) is 0 Å². The molecule has 0 amide bonds. The molecule has 0 N–H and O–H groups in total. The Labute approximate surface area is 157 Å². The lowest BCUT2D eigenvalue weighted by Gasteiger charge is -2.59. The molecule has 0 aromatic rings. The van der Waals surface area contributed by atoms with Crippen LogP contribution in [0.2, 0.25) is 0 Å². The van der Waals surface area contributed by atoms with Crippen LogP contribution in [-0.2, 0) is 14.3 Å². The van der Waals surface area contributed by atoms with Gasteiger partial charge in [-0.05, 0) is 80.5 Å². The number of hydrogen-bond acceptors (Lipinski definition) is 3. The Bertz CT molecular complexity index is 650. The molecule has 0 saturated heterocycles. The number of ketones is 1. The fourth-order valence-electron chi connectivity index (χ4n) is 7.70. The minimum atomic E-state index is -0.165. The highest BCUT2D eigenvalue weighted by Gasteiger charge is 2.62. The fourth-order valence-corrected chi connectivity index (χ4v) is 7.70. The molecular formula is C23H34O3. The van der Waals surface area contributed by atoms with Crippen LogP contribution in [-0.4, -0.2) is 17.9 Å². The molecule has 4 fully saturated rings. The minimum Gasteiger partial charge on any atom is -0.463 e. The molecule has 0 aliphatic heterocycles. The number of esters is 1. The second kappa shape index (κ2) is 6.21. The van der Waals surface area contributed by atoms with Crippen molar-refractivity contribution >= 4 is 11.8 Å². The maximum Gasteiger partial charge on any atom is 0.302 e. The quantitative estimate of drug-likeness (QED) is 0.484. The highest BCUT2D eigenvalue weighted by molar-refractivity contribution is 5.85. The molecular weight excluding hydrogens is 324 g/mol. The van der Waals surface area contributed by atoms with Crippen LogP contribution in [0.15, 0.2) is 11.6 Å². The van der Waals surface area contributed by atoms with Crippen molar-refractivity contribution in [1.29, 1.82) is 0 Å². The molecule has 0 bridgehead atoms. The lowest BCUT2D eigenvalue weighted by atomic mass is 9.44. The smallest absolute Gasteiger partial charge is 0.302 e. The highest BCUT2D eigenvalue weighted by atomic mass is 16.5. The van der Waals surface area contributed by atoms with E-state index in [2.05, 4.69) is 26.8 Å². The zero-order valence-electron chi connectivity index (χ0n) is 16.8. The van der Waals surface area contributed by atoms with E-state index in [1.165, 1.54) is 38.2 Å². The molecule has 0 heterocycles. The number of carbonyl (C=O) groups excluding carboxylic acids is 2. The van der Waals surface area contributed by atoms with Gasteiger partial charge < -0.3 is 4.74 Å². The summed E-state index contributed by atoms with van der Waals surface area (Å²) < 4.78 is 5.53. The number of Topliss-reactive ketones (excluding diaryl/α,β-unsaturated/α-hetero) is 1. The van der Waals surface area contributed by atoms with Crippen LogP contribution in [0.3, 0.4) is 0 Å². The van der Waals surface area contributed by atoms with Gasteiger partial charge in [-0.3, -0.25) is 9.59 Å². The van der Waals surface area contributed by atoms with Gasteiger partial charge in [-0.25, -0.2) is 0 Å². The van der Waals surface area contributed by atoms with Gasteiger partial charge in [0, 0.05) is 19.3 Å². The van der Waals surface area contributed by atoms with E-state index in [1.54, 1.807) is 0 Å². The molecule has 0 radical (unpaired) electrons. The van der Waals surface area contributed by atoms with Gasteiger partial charge in [0.1, 0.15) is 11.9 Å². The number of hydrogen-bond donors (Lipinski definition) is 0. The van der Waals surface area contributed by atoms with Gasteiger partial charge in [-0.2, -0.15) is 0 Å². The monoisotopic (exact) mass is 358 g/mol. The largest absolute Gasteiger partial charge is 0.463 e. The normalized spacial score (nSPS) is 49.3. The molecule has 3 unspecified atom stereocenters. The first-order chi connectivity index (χ1) is 12.3. The molecule has 0 aromatic heterocycles. The van der Waals surface area contributed by atoms with Crippen LogP contribution in [0.25, 0.3) is 0 Å². The topological polar surface area (TPSA) is 43.4 Å². The maximum atomic E-state index is 13.4. The van der Waals surface area contributed by atoms with Crippen molar-refractivity contribution in [2.45, 2.75) is 85.2 Å². The van der Waals surface area contributed by atoms with Crippen LogP contribution in [0.4, 0.5) is 0 Å². The standard InChI is InChI=1S/C23H34O3/c1-5-15-7-9-19-18-8-6-16-12-17(26-14(2)24)10-11-22(16,3)21(18)20(25)13-23(15,19)4/h5,16-19,21H,6-13H2,1-4H3/t16-,17+,18?,19?,21?,22+,23-/m1/s1. The third-order valence-electron chi connectivity index (χ3n) is 8.83. The van der Waals surface area contributed by atoms with E-state index in [-0.39, 0.29) is 28.8 Å². The Morgan fingerprint density at radius 2 is 1.96 bits per heavy atom. The summed E-state index contributed by atoms with van der Waals surface area (Å²) in [4.78, 5) is 24.8. The second-order valence-electron chi connectivity index (χ2n) is 9.95. The first kappa shape index (κ1) is 18.3. The predicted molar refractivity (Wildman–Crippen MR) is 101 cm³/mol. The van der Waals surface area contributed by atoms with E-state index in [1.807, 2.05) is 0 Å². The summed E-state index contributed by atoms with van der Waals surface area (Å²) in [5.41, 5.74) is 1.75. The van der Waals surface area contributed by atoms with E-state index >= 15 is 0 Å². The molecule has 26 heavy (non-hydrogen) atoms. The average molecular weight is 359 g/mol. The highest BCUT2D eigenvalue weighted by Crippen LogP contribution is 2.66. The predicted octanol–water partition coefficient (Wildman–Crippen LogP) is 5.09. The summed E-state index contributed by atoms with van der Waals surface area (Å²) in [5, 5.41) is 0. The number of rotatable bonds is 1. The summed E-state index contributed by atoms with van der Waals surface area (Å²) in [7, 11) is 0. The van der Waals surface area contributed by atoms with Gasteiger partial charge in [-0.15, -0.1) is 0 Å². The van der Waals surface area contributed by atoms with Crippen molar-refractivity contribution in [3.8, 4) is 0 Å². The third-order valence-corrected chi connectivity index (χ3v) is 8.83. The van der Waals surface area contributed by atoms with E-state index in [0.29, 0.717) is 23.5 Å². The van der Waals surface area contributed by atoms with Gasteiger partial charge >= 0.3 is 5.97 Å². The molecule has 0 spiro atoms. The minimum absolute atomic E-state index is 0.0622. The zero-order valence-corrected chi connectivity index (χ0v) is 16.8. The van der Waals surface area contributed by atoms with Crippen LogP contribution < -0.4 is 0 Å². The fraction of sp³-hybridized carbons (Fsp3) is 0.826. The Balaban J connectivity index is 1.61. The third kappa shape index (κ3) is 2.52. The Kier molecular flexibility index (Phi) is 4.36. The van der Waals surface area contributed by atoms with E-state index in [9.17, 15) is 9.59 Å². The molecule has 3 heteroatoms. The summed E-state index contributed by atoms with van der Waals surface area (Å²) in [6, 6.07) is 0. The van der Waals surface area contributed by atoms with Crippen molar-refractivity contribution in [2.24, 2.45) is 34.5 Å². The number of fused-ring (bicyclic) bond motifs is 5. The molecule has 4 saturated carbocycles. The van der Waals surface area contributed by atoms with Gasteiger partial charge in [0.05, 0.1) is 0 Å². The molecule has 4 aliphatic rings. The Morgan fingerprint density at radius 3 is 2.65 bits per heavy atom. The van der Waals surface area contributed by atoms with E-state index in [4.69, 9.17) is 4.74 Å². The van der Waals surface area contributed by atoms with Crippen molar-refractivity contribution in [3.63, 3.8) is 0 Å². The number of ether oxygens (including phenoxy) is 1. The Morgan fingerprint density at radius 1 is 1.19 bits per heavy atom. The van der Waals surface area contributed by atoms with Gasteiger partial charge in [0.25, 0.3) is 0 Å². The van der Waals surface area contributed by atoms with Gasteiger partial charge in [0.15, 0.2) is 0 Å². The van der Waals surface area contributed by atoms with Gasteiger partial charge in [0.2, 0.25) is 0 Å². The van der Waals surface area contributed by atoms with Crippen LogP contribution in [0.1, 0.15) is 79.1 Å². The van der Waals surface area contributed by atoms with Crippen LogP contribution >= 0.6 is 0 Å². The van der Waals surface area contributed by atoms with E-state index < -0.39 is 0 Å². The van der Waals surface area contributed by atoms with E-state index in [0.717, 1.165) is 25.7 Å². The first-order valence-corrected chi connectivity index (χ1v) is 10.6. The summed E-state index contributed by atoms with van der Waals surface area (Å²) in [6.45, 7) is 8.40. The van der Waals surface area contributed by atoms with Crippen molar-refractivity contribution < 1.29 is 14.3 Å². The zero-order chi connectivity index (χ0) is 18.7. The summed E-state index contributed by atoms with van der Waals surface area (Å²) in [6.07, 6.45) is 10.8. The molecule has 0 aromatic carbocycles. The lowest BCUT2D eigenvalue weighted by Crippen LogP contribution is -2.57. The molecule has 4 rings (SSSR count). The van der Waals surface area contributed by atoms with Crippen molar-refractivity contribution in [2.75, 3.05) is 0 Å². The summed E-state index contributed by atoms with van der Waals surface area (Å²) >= 11 is 0. The summed E-state index contributed by atoms with van der Waals surface area (Å²) in [5.74, 6) is 2.35. The molecule has 7 atom stereocenters. The maximum absolute atomic E-state index is 13.4. The first-order valence-electron chi connectivity index (χ1n) is 10.6. The molecule has 144 valence electrons.